The predicted octanol–water partition coefficient (Wildman–Crippen LogP) is 3.29. The highest BCUT2D eigenvalue weighted by Gasteiger charge is 2.27. The number of rotatable bonds is 4. The van der Waals surface area contributed by atoms with E-state index in [2.05, 4.69) is 26.2 Å². The van der Waals surface area contributed by atoms with Gasteiger partial charge in [-0.25, -0.2) is 9.97 Å². The summed E-state index contributed by atoms with van der Waals surface area (Å²) in [7, 11) is 1.62. The molecule has 6 heteroatoms. The molecular formula is C17H23N5O. The Labute approximate surface area is 136 Å². The summed E-state index contributed by atoms with van der Waals surface area (Å²) < 4.78 is 7.39. The molecule has 2 aromatic heterocycles. The normalized spacial score (nSPS) is 21.2. The van der Waals surface area contributed by atoms with Crippen LogP contribution in [0.1, 0.15) is 61.9 Å². The molecular weight excluding hydrogens is 290 g/mol. The average molecular weight is 313 g/mol. The zero-order chi connectivity index (χ0) is 15.6. The van der Waals surface area contributed by atoms with E-state index in [1.807, 2.05) is 6.07 Å². The van der Waals surface area contributed by atoms with E-state index in [9.17, 15) is 0 Å². The van der Waals surface area contributed by atoms with Gasteiger partial charge in [0, 0.05) is 12.3 Å². The summed E-state index contributed by atoms with van der Waals surface area (Å²) >= 11 is 0. The Morgan fingerprint density at radius 3 is 2.87 bits per heavy atom. The molecule has 0 saturated heterocycles. The minimum Gasteiger partial charge on any atom is -0.481 e. The van der Waals surface area contributed by atoms with Gasteiger partial charge in [-0.05, 0) is 37.7 Å². The van der Waals surface area contributed by atoms with E-state index in [-0.39, 0.29) is 6.04 Å². The highest BCUT2D eigenvalue weighted by Crippen LogP contribution is 2.35. The van der Waals surface area contributed by atoms with Crippen molar-refractivity contribution in [2.24, 2.45) is 0 Å². The molecule has 0 bridgehead atoms. The second kappa shape index (κ2) is 6.18. The van der Waals surface area contributed by atoms with Gasteiger partial charge < -0.3 is 10.1 Å². The van der Waals surface area contributed by atoms with Crippen molar-refractivity contribution in [3.8, 4) is 5.88 Å². The van der Waals surface area contributed by atoms with Crippen molar-refractivity contribution in [1.29, 1.82) is 0 Å². The number of hydrogen-bond acceptors (Lipinski definition) is 5. The summed E-state index contributed by atoms with van der Waals surface area (Å²) in [6, 6.07) is 2.66. The molecule has 2 aliphatic rings. The summed E-state index contributed by atoms with van der Waals surface area (Å²) in [5.41, 5.74) is 2.59. The zero-order valence-electron chi connectivity index (χ0n) is 13.5. The standard InChI is InChI=1S/C17H23N5O/c1-23-16-9-15(18-11-19-16)20-14-8-4-5-12-10-22(21-17(12)14)13-6-2-3-7-13/h9-11,13-14H,2-8H2,1H3,(H,18,19,20). The van der Waals surface area contributed by atoms with Crippen LogP contribution in [0, 0.1) is 0 Å². The van der Waals surface area contributed by atoms with Crippen LogP contribution in [0.5, 0.6) is 5.88 Å². The van der Waals surface area contributed by atoms with E-state index < -0.39 is 0 Å². The van der Waals surface area contributed by atoms with Gasteiger partial charge in [-0.1, -0.05) is 12.8 Å². The molecule has 122 valence electrons. The van der Waals surface area contributed by atoms with Crippen LogP contribution in [0.2, 0.25) is 0 Å². The number of nitrogens with zero attached hydrogens (tertiary/aromatic N) is 4. The molecule has 2 aliphatic carbocycles. The van der Waals surface area contributed by atoms with Crippen LogP contribution in [0.4, 0.5) is 5.82 Å². The minimum atomic E-state index is 0.223. The van der Waals surface area contributed by atoms with Gasteiger partial charge in [0.1, 0.15) is 12.1 Å². The van der Waals surface area contributed by atoms with Crippen LogP contribution in [-0.4, -0.2) is 26.9 Å². The van der Waals surface area contributed by atoms with Crippen LogP contribution >= 0.6 is 0 Å². The third-order valence-corrected chi connectivity index (χ3v) is 4.98. The number of aromatic nitrogens is 4. The minimum absolute atomic E-state index is 0.223. The summed E-state index contributed by atoms with van der Waals surface area (Å²) in [5, 5.41) is 8.44. The Morgan fingerprint density at radius 2 is 2.04 bits per heavy atom. The van der Waals surface area contributed by atoms with Gasteiger partial charge in [0.05, 0.1) is 24.9 Å². The quantitative estimate of drug-likeness (QED) is 0.938. The topological polar surface area (TPSA) is 64.9 Å². The first-order chi connectivity index (χ1) is 11.3. The van der Waals surface area contributed by atoms with Gasteiger partial charge in [-0.15, -0.1) is 0 Å². The first kappa shape index (κ1) is 14.5. The summed E-state index contributed by atoms with van der Waals surface area (Å²) in [4.78, 5) is 8.36. The van der Waals surface area contributed by atoms with Gasteiger partial charge in [0.2, 0.25) is 5.88 Å². The number of anilines is 1. The van der Waals surface area contributed by atoms with Crippen molar-refractivity contribution in [3.05, 3.63) is 29.8 Å². The number of nitrogens with one attached hydrogen (secondary N) is 1. The zero-order valence-corrected chi connectivity index (χ0v) is 13.5. The molecule has 0 radical (unpaired) electrons. The molecule has 1 unspecified atom stereocenters. The maximum atomic E-state index is 5.17. The maximum Gasteiger partial charge on any atom is 0.218 e. The molecule has 1 saturated carbocycles. The Morgan fingerprint density at radius 1 is 1.17 bits per heavy atom. The number of aryl methyl sites for hydroxylation is 1. The Bertz CT molecular complexity index is 677. The molecule has 0 amide bonds. The van der Waals surface area contributed by atoms with E-state index in [1.165, 1.54) is 49.7 Å². The Kier molecular flexibility index (Phi) is 3.89. The van der Waals surface area contributed by atoms with E-state index in [1.54, 1.807) is 7.11 Å². The molecule has 2 heterocycles. The number of hydrogen-bond donors (Lipinski definition) is 1. The van der Waals surface area contributed by atoms with Crippen LogP contribution in [0.25, 0.3) is 0 Å². The monoisotopic (exact) mass is 313 g/mol. The largest absolute Gasteiger partial charge is 0.481 e. The second-order valence-corrected chi connectivity index (χ2v) is 6.49. The highest BCUT2D eigenvalue weighted by atomic mass is 16.5. The lowest BCUT2D eigenvalue weighted by Crippen LogP contribution is -2.18. The second-order valence-electron chi connectivity index (χ2n) is 6.49. The van der Waals surface area contributed by atoms with E-state index in [0.717, 1.165) is 18.7 Å². The fraction of sp³-hybridized carbons (Fsp3) is 0.588. The van der Waals surface area contributed by atoms with Gasteiger partial charge in [0.25, 0.3) is 0 Å². The average Bonchev–Trinajstić information content (AvgIpc) is 3.24. The van der Waals surface area contributed by atoms with Crippen LogP contribution in [-0.2, 0) is 6.42 Å². The number of methoxy groups -OCH3 is 1. The van der Waals surface area contributed by atoms with Gasteiger partial charge in [-0.3, -0.25) is 4.68 Å². The Hall–Kier alpha value is -2.11. The van der Waals surface area contributed by atoms with Crippen LogP contribution in [0.15, 0.2) is 18.6 Å². The van der Waals surface area contributed by atoms with Crippen LogP contribution < -0.4 is 10.1 Å². The lowest BCUT2D eigenvalue weighted by Gasteiger charge is -2.22. The highest BCUT2D eigenvalue weighted by molar-refractivity contribution is 5.41. The number of ether oxygens (including phenoxy) is 1. The Balaban J connectivity index is 1.57. The summed E-state index contributed by atoms with van der Waals surface area (Å²) in [5.74, 6) is 1.38. The van der Waals surface area contributed by atoms with Gasteiger partial charge in [0.15, 0.2) is 0 Å². The summed E-state index contributed by atoms with van der Waals surface area (Å²) in [6.07, 6.45) is 12.4. The van der Waals surface area contributed by atoms with Crippen molar-refractivity contribution in [3.63, 3.8) is 0 Å². The third-order valence-electron chi connectivity index (χ3n) is 4.98. The molecule has 1 N–H and O–H groups in total. The molecule has 2 aromatic rings. The lowest BCUT2D eigenvalue weighted by atomic mass is 9.94. The van der Waals surface area contributed by atoms with Crippen molar-refractivity contribution in [2.45, 2.75) is 57.0 Å². The predicted molar refractivity (Wildman–Crippen MR) is 87.6 cm³/mol. The molecule has 0 aliphatic heterocycles. The van der Waals surface area contributed by atoms with E-state index in [0.29, 0.717) is 11.9 Å². The molecule has 1 atom stereocenters. The van der Waals surface area contributed by atoms with Crippen LogP contribution in [0.3, 0.4) is 0 Å². The summed E-state index contributed by atoms with van der Waals surface area (Å²) in [6.45, 7) is 0. The lowest BCUT2D eigenvalue weighted by molar-refractivity contribution is 0.397. The molecule has 0 aromatic carbocycles. The fourth-order valence-electron chi connectivity index (χ4n) is 3.77. The fourth-order valence-corrected chi connectivity index (χ4v) is 3.77. The maximum absolute atomic E-state index is 5.17. The van der Waals surface area contributed by atoms with Gasteiger partial charge >= 0.3 is 0 Å². The van der Waals surface area contributed by atoms with Crippen molar-refractivity contribution < 1.29 is 4.74 Å². The molecule has 23 heavy (non-hydrogen) atoms. The molecule has 6 nitrogen and oxygen atoms in total. The first-order valence-electron chi connectivity index (χ1n) is 8.54. The van der Waals surface area contributed by atoms with E-state index >= 15 is 0 Å². The van der Waals surface area contributed by atoms with E-state index in [4.69, 9.17) is 9.84 Å². The third kappa shape index (κ3) is 2.90. The van der Waals surface area contributed by atoms with Gasteiger partial charge in [-0.2, -0.15) is 5.10 Å². The first-order valence-corrected chi connectivity index (χ1v) is 8.54. The van der Waals surface area contributed by atoms with Crippen molar-refractivity contribution in [1.82, 2.24) is 19.7 Å². The molecule has 1 fully saturated rings. The van der Waals surface area contributed by atoms with Crippen molar-refractivity contribution >= 4 is 5.82 Å². The van der Waals surface area contributed by atoms with Crippen molar-refractivity contribution in [2.75, 3.05) is 12.4 Å². The SMILES string of the molecule is COc1cc(NC2CCCc3cn(C4CCCC4)nc32)ncn1. The smallest absolute Gasteiger partial charge is 0.218 e. The number of fused-ring (bicyclic) bond motifs is 1. The molecule has 0 spiro atoms. The molecule has 4 rings (SSSR count).